The topological polar surface area (TPSA) is 46.6 Å². The van der Waals surface area contributed by atoms with Crippen LogP contribution >= 0.6 is 0 Å². The zero-order valence-corrected chi connectivity index (χ0v) is 14.0. The summed E-state index contributed by atoms with van der Waals surface area (Å²) in [6.07, 6.45) is 2.54. The predicted molar refractivity (Wildman–Crippen MR) is 100 cm³/mol. The SMILES string of the molecule is O=C(/C=C/c1ccc2ccccc2c1)N1C(=O)OCC1c1ccccc1. The van der Waals surface area contributed by atoms with Crippen molar-refractivity contribution in [3.63, 3.8) is 0 Å². The van der Waals surface area contributed by atoms with E-state index in [0.717, 1.165) is 21.9 Å². The van der Waals surface area contributed by atoms with Gasteiger partial charge in [-0.1, -0.05) is 66.7 Å². The fraction of sp³-hybridized carbons (Fsp3) is 0.0909. The van der Waals surface area contributed by atoms with Gasteiger partial charge in [-0.05, 0) is 34.0 Å². The summed E-state index contributed by atoms with van der Waals surface area (Å²) in [7, 11) is 0. The predicted octanol–water partition coefficient (Wildman–Crippen LogP) is 4.57. The number of amides is 2. The lowest BCUT2D eigenvalue weighted by Crippen LogP contribution is -2.32. The number of hydrogen-bond acceptors (Lipinski definition) is 3. The average molecular weight is 343 g/mol. The van der Waals surface area contributed by atoms with E-state index in [4.69, 9.17) is 4.74 Å². The van der Waals surface area contributed by atoms with Crippen LogP contribution in [0.2, 0.25) is 0 Å². The molecule has 1 unspecified atom stereocenters. The van der Waals surface area contributed by atoms with Crippen LogP contribution in [0.4, 0.5) is 4.79 Å². The molecule has 0 aliphatic carbocycles. The summed E-state index contributed by atoms with van der Waals surface area (Å²) in [5.41, 5.74) is 1.78. The quantitative estimate of drug-likeness (QED) is 0.654. The van der Waals surface area contributed by atoms with E-state index in [9.17, 15) is 9.59 Å². The van der Waals surface area contributed by atoms with Crippen LogP contribution in [0.25, 0.3) is 16.8 Å². The molecular formula is C22H17NO3. The van der Waals surface area contributed by atoms with Gasteiger partial charge in [-0.25, -0.2) is 9.69 Å². The first-order valence-electron chi connectivity index (χ1n) is 8.44. The van der Waals surface area contributed by atoms with Gasteiger partial charge in [-0.15, -0.1) is 0 Å². The Balaban J connectivity index is 1.57. The van der Waals surface area contributed by atoms with Gasteiger partial charge in [-0.3, -0.25) is 4.79 Å². The Labute approximate surface area is 151 Å². The van der Waals surface area contributed by atoms with E-state index in [1.54, 1.807) is 6.08 Å². The van der Waals surface area contributed by atoms with Gasteiger partial charge in [0.2, 0.25) is 0 Å². The fourth-order valence-electron chi connectivity index (χ4n) is 3.14. The van der Waals surface area contributed by atoms with E-state index < -0.39 is 12.1 Å². The smallest absolute Gasteiger partial charge is 0.417 e. The Morgan fingerprint density at radius 1 is 0.962 bits per heavy atom. The second-order valence-electron chi connectivity index (χ2n) is 6.15. The van der Waals surface area contributed by atoms with E-state index in [-0.39, 0.29) is 12.5 Å². The van der Waals surface area contributed by atoms with Crippen molar-refractivity contribution >= 4 is 28.8 Å². The number of nitrogens with zero attached hydrogens (tertiary/aromatic N) is 1. The Bertz CT molecular complexity index is 994. The van der Waals surface area contributed by atoms with Gasteiger partial charge in [0.1, 0.15) is 12.6 Å². The molecule has 0 saturated carbocycles. The van der Waals surface area contributed by atoms with Crippen LogP contribution < -0.4 is 0 Å². The highest BCUT2D eigenvalue weighted by molar-refractivity contribution is 6.02. The summed E-state index contributed by atoms with van der Waals surface area (Å²) >= 11 is 0. The van der Waals surface area contributed by atoms with E-state index in [0.29, 0.717) is 0 Å². The molecule has 0 aromatic heterocycles. The molecule has 128 valence electrons. The highest BCUT2D eigenvalue weighted by Gasteiger charge is 2.37. The first kappa shape index (κ1) is 16.1. The molecule has 1 aliphatic heterocycles. The third-order valence-electron chi connectivity index (χ3n) is 4.49. The van der Waals surface area contributed by atoms with Crippen molar-refractivity contribution in [2.45, 2.75) is 6.04 Å². The summed E-state index contributed by atoms with van der Waals surface area (Å²) in [6.45, 7) is 0.179. The zero-order chi connectivity index (χ0) is 17.9. The lowest BCUT2D eigenvalue weighted by Gasteiger charge is -2.18. The maximum absolute atomic E-state index is 12.6. The minimum absolute atomic E-state index is 0.179. The molecule has 0 N–H and O–H groups in total. The molecule has 1 heterocycles. The van der Waals surface area contributed by atoms with Gasteiger partial charge in [0.05, 0.1) is 0 Å². The number of cyclic esters (lactones) is 1. The van der Waals surface area contributed by atoms with Gasteiger partial charge < -0.3 is 4.74 Å². The molecule has 3 aromatic rings. The van der Waals surface area contributed by atoms with Crippen LogP contribution in [0.1, 0.15) is 17.2 Å². The molecule has 4 heteroatoms. The number of fused-ring (bicyclic) bond motifs is 1. The molecule has 1 fully saturated rings. The van der Waals surface area contributed by atoms with Crippen molar-refractivity contribution in [1.82, 2.24) is 4.90 Å². The molecule has 26 heavy (non-hydrogen) atoms. The lowest BCUT2D eigenvalue weighted by molar-refractivity contribution is -0.124. The standard InChI is InChI=1S/C22H17NO3/c24-21(13-11-16-10-12-17-6-4-5-9-19(17)14-16)23-20(15-26-22(23)25)18-7-2-1-3-8-18/h1-14,20H,15H2/b13-11+. The monoisotopic (exact) mass is 343 g/mol. The highest BCUT2D eigenvalue weighted by atomic mass is 16.6. The molecule has 0 spiro atoms. The largest absolute Gasteiger partial charge is 0.446 e. The van der Waals surface area contributed by atoms with Crippen molar-refractivity contribution in [3.8, 4) is 0 Å². The number of rotatable bonds is 3. The summed E-state index contributed by atoms with van der Waals surface area (Å²) < 4.78 is 5.10. The summed E-state index contributed by atoms with van der Waals surface area (Å²) in [6, 6.07) is 23.0. The maximum atomic E-state index is 12.6. The first-order valence-corrected chi connectivity index (χ1v) is 8.44. The van der Waals surface area contributed by atoms with Gasteiger partial charge >= 0.3 is 6.09 Å². The van der Waals surface area contributed by atoms with Crippen LogP contribution in [0.3, 0.4) is 0 Å². The summed E-state index contributed by atoms with van der Waals surface area (Å²) in [5, 5.41) is 2.24. The van der Waals surface area contributed by atoms with Crippen molar-refractivity contribution in [2.24, 2.45) is 0 Å². The summed E-state index contributed by atoms with van der Waals surface area (Å²) in [4.78, 5) is 25.8. The maximum Gasteiger partial charge on any atom is 0.417 e. The van der Waals surface area contributed by atoms with Crippen LogP contribution in [0, 0.1) is 0 Å². The van der Waals surface area contributed by atoms with Gasteiger partial charge in [0, 0.05) is 6.08 Å². The lowest BCUT2D eigenvalue weighted by atomic mass is 10.1. The van der Waals surface area contributed by atoms with Gasteiger partial charge in [0.25, 0.3) is 5.91 Å². The molecule has 4 rings (SSSR count). The fourth-order valence-corrected chi connectivity index (χ4v) is 3.14. The van der Waals surface area contributed by atoms with E-state index >= 15 is 0 Å². The van der Waals surface area contributed by atoms with Crippen molar-refractivity contribution < 1.29 is 14.3 Å². The Hall–Kier alpha value is -3.40. The molecule has 0 bridgehead atoms. The average Bonchev–Trinajstić information content (AvgIpc) is 3.08. The van der Waals surface area contributed by atoms with Gasteiger partial charge in [-0.2, -0.15) is 0 Å². The van der Waals surface area contributed by atoms with Crippen LogP contribution in [-0.2, 0) is 9.53 Å². The van der Waals surface area contributed by atoms with Crippen LogP contribution in [-0.4, -0.2) is 23.5 Å². The van der Waals surface area contributed by atoms with Crippen LogP contribution in [0.15, 0.2) is 78.9 Å². The Morgan fingerprint density at radius 2 is 1.69 bits per heavy atom. The molecule has 0 radical (unpaired) electrons. The number of ether oxygens (including phenoxy) is 1. The number of hydrogen-bond donors (Lipinski definition) is 0. The number of imide groups is 1. The third kappa shape index (κ3) is 3.09. The van der Waals surface area contributed by atoms with E-state index in [2.05, 4.69) is 0 Å². The van der Waals surface area contributed by atoms with Crippen molar-refractivity contribution in [1.29, 1.82) is 0 Å². The Morgan fingerprint density at radius 3 is 2.50 bits per heavy atom. The first-order chi connectivity index (χ1) is 12.7. The van der Waals surface area contributed by atoms with Crippen LogP contribution in [0.5, 0.6) is 0 Å². The van der Waals surface area contributed by atoms with E-state index in [1.807, 2.05) is 72.8 Å². The minimum atomic E-state index is -0.605. The molecule has 2 amide bonds. The second-order valence-corrected chi connectivity index (χ2v) is 6.15. The second kappa shape index (κ2) is 6.84. The molecular weight excluding hydrogens is 326 g/mol. The normalized spacial score (nSPS) is 17.0. The molecule has 3 aromatic carbocycles. The number of carbonyl (C=O) groups is 2. The molecule has 1 atom stereocenters. The summed E-state index contributed by atoms with van der Waals surface area (Å²) in [5.74, 6) is -0.380. The highest BCUT2D eigenvalue weighted by Crippen LogP contribution is 2.28. The number of carbonyl (C=O) groups excluding carboxylic acids is 2. The van der Waals surface area contributed by atoms with Gasteiger partial charge in [0.15, 0.2) is 0 Å². The minimum Gasteiger partial charge on any atom is -0.446 e. The van der Waals surface area contributed by atoms with Crippen molar-refractivity contribution in [3.05, 3.63) is 90.0 Å². The molecule has 1 aliphatic rings. The molecule has 4 nitrogen and oxygen atoms in total. The molecule has 1 saturated heterocycles. The van der Waals surface area contributed by atoms with Crippen molar-refractivity contribution in [2.75, 3.05) is 6.61 Å². The Kier molecular flexibility index (Phi) is 4.23. The zero-order valence-electron chi connectivity index (χ0n) is 14.0. The third-order valence-corrected chi connectivity index (χ3v) is 4.49. The van der Waals surface area contributed by atoms with E-state index in [1.165, 1.54) is 11.0 Å². The number of benzene rings is 3.